The number of terminal acetylenes is 1. The van der Waals surface area contributed by atoms with Crippen molar-refractivity contribution >= 4 is 10.2 Å². The monoisotopic (exact) mass is 242 g/mol. The zero-order valence-electron chi connectivity index (χ0n) is 9.43. The molecule has 2 fully saturated rings. The molecule has 0 aromatic rings. The number of hydrogen-bond donors (Lipinski definition) is 0. The van der Waals surface area contributed by atoms with Gasteiger partial charge in [-0.15, -0.1) is 12.3 Å². The molecule has 0 saturated carbocycles. The van der Waals surface area contributed by atoms with Crippen LogP contribution in [0.3, 0.4) is 0 Å². The van der Waals surface area contributed by atoms with Gasteiger partial charge in [-0.1, -0.05) is 0 Å². The number of hydrogen-bond acceptors (Lipinski definition) is 2. The van der Waals surface area contributed by atoms with Crippen LogP contribution in [-0.4, -0.2) is 43.2 Å². The highest BCUT2D eigenvalue weighted by molar-refractivity contribution is 7.86. The molecule has 0 spiro atoms. The molecule has 0 N–H and O–H groups in total. The smallest absolute Gasteiger partial charge is 0.195 e. The number of rotatable bonds is 2. The van der Waals surface area contributed by atoms with Crippen LogP contribution in [0.4, 0.5) is 0 Å². The highest BCUT2D eigenvalue weighted by Gasteiger charge is 2.33. The Morgan fingerprint density at radius 2 is 1.50 bits per heavy atom. The Hall–Kier alpha value is -0.570. The molecule has 2 rings (SSSR count). The zero-order chi connectivity index (χ0) is 11.6. The first-order valence-electron chi connectivity index (χ1n) is 5.86. The molecule has 0 unspecified atom stereocenters. The molecule has 0 bridgehead atoms. The summed E-state index contributed by atoms with van der Waals surface area (Å²) in [6, 6.07) is 0. The molecule has 0 aromatic carbocycles. The maximum absolute atomic E-state index is 12.2. The second-order valence-electron chi connectivity index (χ2n) is 4.45. The van der Waals surface area contributed by atoms with Gasteiger partial charge in [0.15, 0.2) is 0 Å². The maximum atomic E-state index is 12.2. The van der Waals surface area contributed by atoms with Gasteiger partial charge in [0.25, 0.3) is 10.2 Å². The Morgan fingerprint density at radius 1 is 1.00 bits per heavy atom. The van der Waals surface area contributed by atoms with E-state index in [4.69, 9.17) is 6.42 Å². The lowest BCUT2D eigenvalue weighted by Crippen LogP contribution is -2.46. The van der Waals surface area contributed by atoms with Crippen molar-refractivity contribution in [3.63, 3.8) is 0 Å². The summed E-state index contributed by atoms with van der Waals surface area (Å²) >= 11 is 0. The lowest BCUT2D eigenvalue weighted by molar-refractivity contribution is 0.289. The molecule has 2 saturated heterocycles. The van der Waals surface area contributed by atoms with Gasteiger partial charge in [0.05, 0.1) is 0 Å². The van der Waals surface area contributed by atoms with E-state index in [1.54, 1.807) is 8.61 Å². The van der Waals surface area contributed by atoms with Crippen LogP contribution in [-0.2, 0) is 10.2 Å². The van der Waals surface area contributed by atoms with Gasteiger partial charge in [0.2, 0.25) is 0 Å². The normalized spacial score (nSPS) is 25.7. The average molecular weight is 242 g/mol. The quantitative estimate of drug-likeness (QED) is 0.668. The highest BCUT2D eigenvalue weighted by Crippen LogP contribution is 2.22. The summed E-state index contributed by atoms with van der Waals surface area (Å²) in [6.45, 7) is 2.51. The van der Waals surface area contributed by atoms with Crippen LogP contribution in [0.15, 0.2) is 0 Å². The van der Waals surface area contributed by atoms with Crippen LogP contribution in [0.2, 0.25) is 0 Å². The minimum Gasteiger partial charge on any atom is -0.195 e. The second-order valence-corrected chi connectivity index (χ2v) is 6.38. The zero-order valence-corrected chi connectivity index (χ0v) is 10.2. The third-order valence-electron chi connectivity index (χ3n) is 3.41. The van der Waals surface area contributed by atoms with Crippen LogP contribution < -0.4 is 0 Å². The van der Waals surface area contributed by atoms with Crippen LogP contribution in [0.25, 0.3) is 0 Å². The van der Waals surface area contributed by atoms with Crippen molar-refractivity contribution in [2.45, 2.75) is 25.7 Å². The van der Waals surface area contributed by atoms with Crippen LogP contribution in [0.1, 0.15) is 25.7 Å². The third kappa shape index (κ3) is 2.24. The fourth-order valence-corrected chi connectivity index (χ4v) is 4.05. The predicted octanol–water partition coefficient (Wildman–Crippen LogP) is 0.672. The topological polar surface area (TPSA) is 40.6 Å². The van der Waals surface area contributed by atoms with Crippen molar-refractivity contribution < 1.29 is 8.42 Å². The van der Waals surface area contributed by atoms with E-state index in [9.17, 15) is 8.42 Å². The van der Waals surface area contributed by atoms with Crippen molar-refractivity contribution in [3.8, 4) is 12.3 Å². The second kappa shape index (κ2) is 4.74. The minimum absolute atomic E-state index is 0.255. The molecule has 90 valence electrons. The Balaban J connectivity index is 2.00. The van der Waals surface area contributed by atoms with E-state index in [1.807, 2.05) is 0 Å². The molecule has 5 heteroatoms. The van der Waals surface area contributed by atoms with E-state index < -0.39 is 10.2 Å². The molecule has 16 heavy (non-hydrogen) atoms. The first-order valence-corrected chi connectivity index (χ1v) is 7.25. The van der Waals surface area contributed by atoms with E-state index in [0.717, 1.165) is 25.7 Å². The fraction of sp³-hybridized carbons (Fsp3) is 0.818. The van der Waals surface area contributed by atoms with Crippen LogP contribution >= 0.6 is 0 Å². The van der Waals surface area contributed by atoms with Crippen molar-refractivity contribution in [2.75, 3.05) is 26.2 Å². The first kappa shape index (κ1) is 11.9. The molecule has 0 amide bonds. The van der Waals surface area contributed by atoms with Crippen LogP contribution in [0.5, 0.6) is 0 Å². The molecule has 0 aromatic heterocycles. The molecule has 2 aliphatic rings. The molecule has 2 heterocycles. The van der Waals surface area contributed by atoms with E-state index in [1.165, 1.54) is 0 Å². The van der Waals surface area contributed by atoms with Gasteiger partial charge in [-0.3, -0.25) is 0 Å². The SMILES string of the molecule is C#CC1CCN(S(=O)(=O)N2CCCC2)CC1. The summed E-state index contributed by atoms with van der Waals surface area (Å²) < 4.78 is 27.6. The summed E-state index contributed by atoms with van der Waals surface area (Å²) in [5.74, 6) is 2.96. The molecule has 2 aliphatic heterocycles. The standard InChI is InChI=1S/C11H18N2O2S/c1-2-11-5-9-13(10-6-11)16(14,15)12-7-3-4-8-12/h1,11H,3-10H2. The van der Waals surface area contributed by atoms with Gasteiger partial charge in [0, 0.05) is 32.1 Å². The van der Waals surface area contributed by atoms with Gasteiger partial charge in [-0.25, -0.2) is 0 Å². The molecular weight excluding hydrogens is 224 g/mol. The van der Waals surface area contributed by atoms with Gasteiger partial charge in [-0.2, -0.15) is 17.0 Å². The Morgan fingerprint density at radius 3 is 2.00 bits per heavy atom. The summed E-state index contributed by atoms with van der Waals surface area (Å²) in [5, 5.41) is 0. The van der Waals surface area contributed by atoms with E-state index in [-0.39, 0.29) is 5.92 Å². The van der Waals surface area contributed by atoms with Gasteiger partial charge < -0.3 is 0 Å². The largest absolute Gasteiger partial charge is 0.281 e. The number of piperidine rings is 1. The fourth-order valence-electron chi connectivity index (χ4n) is 2.34. The molecule has 0 atom stereocenters. The average Bonchev–Trinajstić information content (AvgIpc) is 2.83. The van der Waals surface area contributed by atoms with E-state index in [0.29, 0.717) is 26.2 Å². The van der Waals surface area contributed by atoms with Gasteiger partial charge >= 0.3 is 0 Å². The van der Waals surface area contributed by atoms with E-state index in [2.05, 4.69) is 5.92 Å². The van der Waals surface area contributed by atoms with Gasteiger partial charge in [0.1, 0.15) is 0 Å². The van der Waals surface area contributed by atoms with Crippen molar-refractivity contribution in [1.82, 2.24) is 8.61 Å². The molecule has 4 nitrogen and oxygen atoms in total. The third-order valence-corrected chi connectivity index (χ3v) is 5.44. The van der Waals surface area contributed by atoms with Crippen LogP contribution in [0, 0.1) is 18.3 Å². The Kier molecular flexibility index (Phi) is 3.53. The van der Waals surface area contributed by atoms with Crippen molar-refractivity contribution in [3.05, 3.63) is 0 Å². The summed E-state index contributed by atoms with van der Waals surface area (Å²) in [7, 11) is -3.20. The van der Waals surface area contributed by atoms with E-state index >= 15 is 0 Å². The highest BCUT2D eigenvalue weighted by atomic mass is 32.2. The molecule has 0 radical (unpaired) electrons. The molecular formula is C11H18N2O2S. The minimum atomic E-state index is -3.20. The predicted molar refractivity (Wildman–Crippen MR) is 62.9 cm³/mol. The summed E-state index contributed by atoms with van der Waals surface area (Å²) in [5.41, 5.74) is 0. The summed E-state index contributed by atoms with van der Waals surface area (Å²) in [4.78, 5) is 0. The number of nitrogens with zero attached hydrogens (tertiary/aromatic N) is 2. The Labute approximate surface area is 97.8 Å². The first-order chi connectivity index (χ1) is 7.64. The lowest BCUT2D eigenvalue weighted by Gasteiger charge is -2.31. The van der Waals surface area contributed by atoms with Crippen molar-refractivity contribution in [2.24, 2.45) is 5.92 Å². The lowest BCUT2D eigenvalue weighted by atomic mass is 10.00. The molecule has 0 aliphatic carbocycles. The van der Waals surface area contributed by atoms with Crippen molar-refractivity contribution in [1.29, 1.82) is 0 Å². The Bertz CT molecular complexity index is 371. The summed E-state index contributed by atoms with van der Waals surface area (Å²) in [6.07, 6.45) is 8.91. The van der Waals surface area contributed by atoms with Gasteiger partial charge in [-0.05, 0) is 25.7 Å². The maximum Gasteiger partial charge on any atom is 0.281 e.